The molecule has 0 spiro atoms. The Morgan fingerprint density at radius 1 is 1.60 bits per heavy atom. The standard InChI is InChI=1S/C8H18N2/c1-7(9)6-10-5-4-8-2-3-8/h7-8,10H,2-6,9H2,1H3/t7-/m0/s1. The van der Waals surface area contributed by atoms with E-state index in [1.165, 1.54) is 19.3 Å². The van der Waals surface area contributed by atoms with Crippen molar-refractivity contribution in [1.82, 2.24) is 5.32 Å². The van der Waals surface area contributed by atoms with E-state index in [9.17, 15) is 0 Å². The van der Waals surface area contributed by atoms with Crippen molar-refractivity contribution in [3.8, 4) is 0 Å². The normalized spacial score (nSPS) is 21.0. The highest BCUT2D eigenvalue weighted by atomic mass is 14.9. The summed E-state index contributed by atoms with van der Waals surface area (Å²) in [5, 5.41) is 3.33. The summed E-state index contributed by atoms with van der Waals surface area (Å²) in [4.78, 5) is 0. The van der Waals surface area contributed by atoms with E-state index in [-0.39, 0.29) is 0 Å². The van der Waals surface area contributed by atoms with E-state index in [2.05, 4.69) is 5.32 Å². The lowest BCUT2D eigenvalue weighted by atomic mass is 10.3. The molecule has 0 aliphatic heterocycles. The van der Waals surface area contributed by atoms with Crippen molar-refractivity contribution in [2.45, 2.75) is 32.2 Å². The summed E-state index contributed by atoms with van der Waals surface area (Å²) >= 11 is 0. The van der Waals surface area contributed by atoms with Crippen LogP contribution in [0.3, 0.4) is 0 Å². The van der Waals surface area contributed by atoms with Crippen LogP contribution in [-0.2, 0) is 0 Å². The quantitative estimate of drug-likeness (QED) is 0.555. The molecule has 0 amide bonds. The lowest BCUT2D eigenvalue weighted by Gasteiger charge is -2.05. The first-order valence-corrected chi connectivity index (χ1v) is 4.25. The molecule has 2 nitrogen and oxygen atoms in total. The zero-order valence-electron chi connectivity index (χ0n) is 6.77. The van der Waals surface area contributed by atoms with Crippen LogP contribution in [0.5, 0.6) is 0 Å². The van der Waals surface area contributed by atoms with Crippen LogP contribution in [0.15, 0.2) is 0 Å². The first-order chi connectivity index (χ1) is 4.79. The topological polar surface area (TPSA) is 38.0 Å². The molecule has 1 aliphatic carbocycles. The van der Waals surface area contributed by atoms with Crippen LogP contribution < -0.4 is 11.1 Å². The maximum atomic E-state index is 5.56. The molecule has 0 bridgehead atoms. The molecule has 0 heterocycles. The Morgan fingerprint density at radius 2 is 2.30 bits per heavy atom. The molecule has 3 N–H and O–H groups in total. The van der Waals surface area contributed by atoms with Gasteiger partial charge in [-0.3, -0.25) is 0 Å². The smallest absolute Gasteiger partial charge is 0.0136 e. The van der Waals surface area contributed by atoms with Gasteiger partial charge in [-0.1, -0.05) is 12.8 Å². The second-order valence-electron chi connectivity index (χ2n) is 3.41. The summed E-state index contributed by atoms with van der Waals surface area (Å²) in [6.45, 7) is 4.16. The number of hydrogen-bond donors (Lipinski definition) is 2. The van der Waals surface area contributed by atoms with Gasteiger partial charge in [0, 0.05) is 12.6 Å². The zero-order valence-corrected chi connectivity index (χ0v) is 6.77. The van der Waals surface area contributed by atoms with Gasteiger partial charge in [0.15, 0.2) is 0 Å². The molecule has 2 heteroatoms. The third-order valence-electron chi connectivity index (χ3n) is 1.89. The summed E-state index contributed by atoms with van der Waals surface area (Å²) in [7, 11) is 0. The molecule has 1 atom stereocenters. The maximum Gasteiger partial charge on any atom is 0.0136 e. The highest BCUT2D eigenvalue weighted by Gasteiger charge is 2.19. The van der Waals surface area contributed by atoms with Gasteiger partial charge < -0.3 is 11.1 Å². The second kappa shape index (κ2) is 3.94. The van der Waals surface area contributed by atoms with Crippen LogP contribution >= 0.6 is 0 Å². The molecule has 0 saturated heterocycles. The van der Waals surface area contributed by atoms with E-state index in [1.807, 2.05) is 6.92 Å². The summed E-state index contributed by atoms with van der Waals surface area (Å²) in [6, 6.07) is 0.305. The van der Waals surface area contributed by atoms with Crippen LogP contribution in [0.2, 0.25) is 0 Å². The summed E-state index contributed by atoms with van der Waals surface area (Å²) in [6.07, 6.45) is 4.27. The van der Waals surface area contributed by atoms with E-state index in [4.69, 9.17) is 5.73 Å². The van der Waals surface area contributed by atoms with Crippen molar-refractivity contribution in [2.75, 3.05) is 13.1 Å². The number of nitrogens with two attached hydrogens (primary N) is 1. The Hall–Kier alpha value is -0.0800. The highest BCUT2D eigenvalue weighted by Crippen LogP contribution is 2.31. The van der Waals surface area contributed by atoms with E-state index >= 15 is 0 Å². The zero-order chi connectivity index (χ0) is 7.40. The summed E-state index contributed by atoms with van der Waals surface area (Å²) in [5.74, 6) is 1.04. The minimum Gasteiger partial charge on any atom is -0.327 e. The van der Waals surface area contributed by atoms with Crippen LogP contribution in [0.1, 0.15) is 26.2 Å². The van der Waals surface area contributed by atoms with Gasteiger partial charge >= 0.3 is 0 Å². The molecule has 0 aromatic carbocycles. The average Bonchev–Trinajstić information content (AvgIpc) is 2.62. The average molecular weight is 142 g/mol. The maximum absolute atomic E-state index is 5.56. The molecule has 1 fully saturated rings. The second-order valence-corrected chi connectivity index (χ2v) is 3.41. The molecule has 0 aromatic heterocycles. The van der Waals surface area contributed by atoms with Gasteiger partial charge in [0.25, 0.3) is 0 Å². The number of rotatable bonds is 5. The predicted molar refractivity (Wildman–Crippen MR) is 43.9 cm³/mol. The Balaban J connectivity index is 1.76. The molecule has 1 aliphatic rings. The van der Waals surface area contributed by atoms with Gasteiger partial charge in [0.2, 0.25) is 0 Å². The molecular weight excluding hydrogens is 124 g/mol. The van der Waals surface area contributed by atoms with Crippen molar-refractivity contribution in [3.63, 3.8) is 0 Å². The third kappa shape index (κ3) is 3.85. The Labute approximate surface area is 63.2 Å². The van der Waals surface area contributed by atoms with Crippen molar-refractivity contribution in [1.29, 1.82) is 0 Å². The monoisotopic (exact) mass is 142 g/mol. The Kier molecular flexibility index (Phi) is 3.16. The molecular formula is C8H18N2. The molecule has 0 unspecified atom stereocenters. The third-order valence-corrected chi connectivity index (χ3v) is 1.89. The Morgan fingerprint density at radius 3 is 2.80 bits per heavy atom. The highest BCUT2D eigenvalue weighted by molar-refractivity contribution is 4.73. The van der Waals surface area contributed by atoms with Crippen molar-refractivity contribution >= 4 is 0 Å². The minimum atomic E-state index is 0.305. The van der Waals surface area contributed by atoms with Crippen molar-refractivity contribution in [2.24, 2.45) is 11.7 Å². The number of hydrogen-bond acceptors (Lipinski definition) is 2. The fraction of sp³-hybridized carbons (Fsp3) is 1.00. The number of nitrogens with one attached hydrogen (secondary N) is 1. The molecule has 60 valence electrons. The van der Waals surface area contributed by atoms with Crippen LogP contribution in [0, 0.1) is 5.92 Å². The molecule has 1 rings (SSSR count). The van der Waals surface area contributed by atoms with Gasteiger partial charge in [-0.15, -0.1) is 0 Å². The molecule has 0 aromatic rings. The minimum absolute atomic E-state index is 0.305. The van der Waals surface area contributed by atoms with Gasteiger partial charge in [0.05, 0.1) is 0 Å². The van der Waals surface area contributed by atoms with Crippen LogP contribution in [0.25, 0.3) is 0 Å². The van der Waals surface area contributed by atoms with Crippen LogP contribution in [-0.4, -0.2) is 19.1 Å². The van der Waals surface area contributed by atoms with E-state index in [0.29, 0.717) is 6.04 Å². The molecule has 1 saturated carbocycles. The lowest BCUT2D eigenvalue weighted by Crippen LogP contribution is -2.31. The van der Waals surface area contributed by atoms with Crippen molar-refractivity contribution < 1.29 is 0 Å². The van der Waals surface area contributed by atoms with E-state index in [1.54, 1.807) is 0 Å². The summed E-state index contributed by atoms with van der Waals surface area (Å²) in [5.41, 5.74) is 5.56. The SMILES string of the molecule is C[C@H](N)CNCCC1CC1. The molecule has 0 radical (unpaired) electrons. The fourth-order valence-corrected chi connectivity index (χ4v) is 1.04. The Bertz CT molecular complexity index is 83.3. The first-order valence-electron chi connectivity index (χ1n) is 4.25. The predicted octanol–water partition coefficient (Wildman–Crippen LogP) is 0.723. The van der Waals surface area contributed by atoms with Gasteiger partial charge in [0.1, 0.15) is 0 Å². The molecule has 10 heavy (non-hydrogen) atoms. The van der Waals surface area contributed by atoms with Gasteiger partial charge in [-0.2, -0.15) is 0 Å². The van der Waals surface area contributed by atoms with E-state index in [0.717, 1.165) is 19.0 Å². The van der Waals surface area contributed by atoms with Gasteiger partial charge in [-0.05, 0) is 25.8 Å². The van der Waals surface area contributed by atoms with E-state index < -0.39 is 0 Å². The largest absolute Gasteiger partial charge is 0.327 e. The van der Waals surface area contributed by atoms with Crippen LogP contribution in [0.4, 0.5) is 0 Å². The van der Waals surface area contributed by atoms with Crippen molar-refractivity contribution in [3.05, 3.63) is 0 Å². The van der Waals surface area contributed by atoms with Gasteiger partial charge in [-0.25, -0.2) is 0 Å². The lowest BCUT2D eigenvalue weighted by molar-refractivity contribution is 0.571. The summed E-state index contributed by atoms with van der Waals surface area (Å²) < 4.78 is 0. The fourth-order valence-electron chi connectivity index (χ4n) is 1.04. The first kappa shape index (κ1) is 8.02.